The van der Waals surface area contributed by atoms with Gasteiger partial charge < -0.3 is 4.74 Å². The maximum Gasteiger partial charge on any atom is 0.166 e. The number of nitrogens with zero attached hydrogens (tertiary/aromatic N) is 2. The Balaban J connectivity index is 2.09. The SMILES string of the molecule is O=Cc1cnc(COc2c(Cl)cccc2Cl)nc1. The van der Waals surface area contributed by atoms with Gasteiger partial charge in [-0.25, -0.2) is 9.97 Å². The molecule has 0 unspecified atom stereocenters. The average Bonchev–Trinajstić information content (AvgIpc) is 2.39. The summed E-state index contributed by atoms with van der Waals surface area (Å²) in [5.41, 5.74) is 0.412. The number of rotatable bonds is 4. The summed E-state index contributed by atoms with van der Waals surface area (Å²) in [7, 11) is 0. The van der Waals surface area contributed by atoms with E-state index in [0.717, 1.165) is 0 Å². The summed E-state index contributed by atoms with van der Waals surface area (Å²) in [5, 5.41) is 0.846. The van der Waals surface area contributed by atoms with Crippen molar-refractivity contribution in [1.29, 1.82) is 0 Å². The summed E-state index contributed by atoms with van der Waals surface area (Å²) < 4.78 is 5.45. The van der Waals surface area contributed by atoms with Crippen molar-refractivity contribution in [2.45, 2.75) is 6.61 Å². The van der Waals surface area contributed by atoms with Gasteiger partial charge >= 0.3 is 0 Å². The number of aromatic nitrogens is 2. The molecule has 18 heavy (non-hydrogen) atoms. The molecule has 0 aliphatic heterocycles. The second-order valence-corrected chi connectivity index (χ2v) is 4.20. The van der Waals surface area contributed by atoms with Crippen molar-refractivity contribution in [3.8, 4) is 5.75 Å². The number of hydrogen-bond acceptors (Lipinski definition) is 4. The molecule has 0 bridgehead atoms. The van der Waals surface area contributed by atoms with Crippen molar-refractivity contribution in [3.05, 3.63) is 52.0 Å². The highest BCUT2D eigenvalue weighted by molar-refractivity contribution is 6.37. The van der Waals surface area contributed by atoms with Gasteiger partial charge in [0.25, 0.3) is 0 Å². The molecule has 2 rings (SSSR count). The Bertz CT molecular complexity index is 538. The van der Waals surface area contributed by atoms with Crippen LogP contribution in [0.4, 0.5) is 0 Å². The minimum Gasteiger partial charge on any atom is -0.482 e. The van der Waals surface area contributed by atoms with Crippen LogP contribution in [0.15, 0.2) is 30.6 Å². The molecule has 0 saturated heterocycles. The van der Waals surface area contributed by atoms with Gasteiger partial charge in [-0.1, -0.05) is 29.3 Å². The molecule has 0 fully saturated rings. The Morgan fingerprint density at radius 1 is 1.17 bits per heavy atom. The molecule has 0 aliphatic carbocycles. The zero-order valence-corrected chi connectivity index (χ0v) is 10.6. The molecular weight excluding hydrogens is 275 g/mol. The Kier molecular flexibility index (Phi) is 4.12. The van der Waals surface area contributed by atoms with Gasteiger partial charge in [0.1, 0.15) is 6.61 Å². The first-order chi connectivity index (χ1) is 8.70. The highest BCUT2D eigenvalue weighted by atomic mass is 35.5. The van der Waals surface area contributed by atoms with Crippen molar-refractivity contribution in [3.63, 3.8) is 0 Å². The van der Waals surface area contributed by atoms with Crippen LogP contribution in [0, 0.1) is 0 Å². The summed E-state index contributed by atoms with van der Waals surface area (Å²) in [5.74, 6) is 0.834. The Morgan fingerprint density at radius 2 is 1.78 bits per heavy atom. The molecule has 1 heterocycles. The van der Waals surface area contributed by atoms with E-state index in [0.29, 0.717) is 33.5 Å². The quantitative estimate of drug-likeness (QED) is 0.809. The third kappa shape index (κ3) is 2.97. The number of benzene rings is 1. The molecule has 0 atom stereocenters. The standard InChI is InChI=1S/C12H8Cl2N2O2/c13-9-2-1-3-10(14)12(9)18-7-11-15-4-8(6-17)5-16-11/h1-6H,7H2. The van der Waals surface area contributed by atoms with E-state index in [1.807, 2.05) is 0 Å². The van der Waals surface area contributed by atoms with Gasteiger partial charge in [-0.15, -0.1) is 0 Å². The second kappa shape index (κ2) is 5.80. The van der Waals surface area contributed by atoms with Crippen molar-refractivity contribution in [2.24, 2.45) is 0 Å². The molecule has 0 spiro atoms. The van der Waals surface area contributed by atoms with Crippen LogP contribution >= 0.6 is 23.2 Å². The molecule has 1 aromatic carbocycles. The predicted molar refractivity (Wildman–Crippen MR) is 68.2 cm³/mol. The van der Waals surface area contributed by atoms with Gasteiger partial charge in [-0.2, -0.15) is 0 Å². The molecule has 0 radical (unpaired) electrons. The maximum absolute atomic E-state index is 10.4. The molecule has 0 amide bonds. The van der Waals surface area contributed by atoms with Crippen LogP contribution in [0.2, 0.25) is 10.0 Å². The lowest BCUT2D eigenvalue weighted by Crippen LogP contribution is -2.02. The van der Waals surface area contributed by atoms with Crippen molar-refractivity contribution in [2.75, 3.05) is 0 Å². The van der Waals surface area contributed by atoms with Gasteiger partial charge in [-0.05, 0) is 12.1 Å². The van der Waals surface area contributed by atoms with Crippen LogP contribution < -0.4 is 4.74 Å². The fraction of sp³-hybridized carbons (Fsp3) is 0.0833. The first-order valence-corrected chi connectivity index (χ1v) is 5.79. The lowest BCUT2D eigenvalue weighted by Gasteiger charge is -2.08. The summed E-state index contributed by atoms with van der Waals surface area (Å²) in [6, 6.07) is 5.09. The molecule has 0 saturated carbocycles. The minimum absolute atomic E-state index is 0.128. The zero-order valence-electron chi connectivity index (χ0n) is 9.14. The minimum atomic E-state index is 0.128. The van der Waals surface area contributed by atoms with E-state index in [1.165, 1.54) is 12.4 Å². The predicted octanol–water partition coefficient (Wildman–Crippen LogP) is 3.17. The lowest BCUT2D eigenvalue weighted by molar-refractivity contribution is 0.112. The van der Waals surface area contributed by atoms with Crippen molar-refractivity contribution >= 4 is 29.5 Å². The molecule has 92 valence electrons. The number of carbonyl (C=O) groups is 1. The lowest BCUT2D eigenvalue weighted by atomic mass is 10.3. The van der Waals surface area contributed by atoms with Gasteiger partial charge in [-0.3, -0.25) is 4.79 Å². The van der Waals surface area contributed by atoms with Gasteiger partial charge in [0.15, 0.2) is 17.9 Å². The first kappa shape index (κ1) is 12.8. The molecule has 0 N–H and O–H groups in total. The summed E-state index contributed by atoms with van der Waals surface area (Å²) in [6.45, 7) is 0.128. The van der Waals surface area contributed by atoms with Crippen LogP contribution in [-0.2, 0) is 6.61 Å². The Labute approximate surface area is 114 Å². The molecule has 2 aromatic rings. The smallest absolute Gasteiger partial charge is 0.166 e. The highest BCUT2D eigenvalue weighted by Crippen LogP contribution is 2.32. The van der Waals surface area contributed by atoms with Crippen LogP contribution in [0.5, 0.6) is 5.75 Å². The normalized spacial score (nSPS) is 10.1. The van der Waals surface area contributed by atoms with E-state index in [4.69, 9.17) is 27.9 Å². The van der Waals surface area contributed by atoms with E-state index >= 15 is 0 Å². The van der Waals surface area contributed by atoms with Crippen LogP contribution in [0.3, 0.4) is 0 Å². The van der Waals surface area contributed by atoms with Gasteiger partial charge in [0, 0.05) is 12.4 Å². The maximum atomic E-state index is 10.4. The van der Waals surface area contributed by atoms with Crippen LogP contribution in [0.25, 0.3) is 0 Å². The average molecular weight is 283 g/mol. The summed E-state index contributed by atoms with van der Waals surface area (Å²) in [4.78, 5) is 18.4. The second-order valence-electron chi connectivity index (χ2n) is 3.39. The molecule has 0 aliphatic rings. The highest BCUT2D eigenvalue weighted by Gasteiger charge is 2.07. The first-order valence-electron chi connectivity index (χ1n) is 5.03. The fourth-order valence-electron chi connectivity index (χ4n) is 1.26. The van der Waals surface area contributed by atoms with Crippen LogP contribution in [-0.4, -0.2) is 16.3 Å². The molecule has 1 aromatic heterocycles. The third-order valence-electron chi connectivity index (χ3n) is 2.13. The monoisotopic (exact) mass is 282 g/mol. The molecule has 4 nitrogen and oxygen atoms in total. The van der Waals surface area contributed by atoms with E-state index in [-0.39, 0.29) is 6.61 Å². The van der Waals surface area contributed by atoms with E-state index in [1.54, 1.807) is 18.2 Å². The summed E-state index contributed by atoms with van der Waals surface area (Å²) in [6.07, 6.45) is 3.52. The number of halogens is 2. The van der Waals surface area contributed by atoms with Crippen molar-refractivity contribution in [1.82, 2.24) is 9.97 Å². The fourth-order valence-corrected chi connectivity index (χ4v) is 1.76. The number of para-hydroxylation sites is 1. The van der Waals surface area contributed by atoms with Gasteiger partial charge in [0.05, 0.1) is 15.6 Å². The number of carbonyl (C=O) groups excluding carboxylic acids is 1. The zero-order chi connectivity index (χ0) is 13.0. The van der Waals surface area contributed by atoms with Gasteiger partial charge in [0.2, 0.25) is 0 Å². The summed E-state index contributed by atoms with van der Waals surface area (Å²) >= 11 is 11.9. The Morgan fingerprint density at radius 3 is 2.33 bits per heavy atom. The third-order valence-corrected chi connectivity index (χ3v) is 2.72. The topological polar surface area (TPSA) is 52.1 Å². The van der Waals surface area contributed by atoms with E-state index < -0.39 is 0 Å². The molecule has 6 heteroatoms. The van der Waals surface area contributed by atoms with Crippen molar-refractivity contribution < 1.29 is 9.53 Å². The largest absolute Gasteiger partial charge is 0.482 e. The van der Waals surface area contributed by atoms with E-state index in [9.17, 15) is 4.79 Å². The Hall–Kier alpha value is -1.65. The number of ether oxygens (including phenoxy) is 1. The molecular formula is C12H8Cl2N2O2. The van der Waals surface area contributed by atoms with Crippen LogP contribution in [0.1, 0.15) is 16.2 Å². The van der Waals surface area contributed by atoms with E-state index in [2.05, 4.69) is 9.97 Å². The number of hydrogen-bond donors (Lipinski definition) is 0. The number of aldehydes is 1.